The van der Waals surface area contributed by atoms with E-state index < -0.39 is 0 Å². The third-order valence-electron chi connectivity index (χ3n) is 4.67. The van der Waals surface area contributed by atoms with Gasteiger partial charge in [-0.15, -0.1) is 0 Å². The Morgan fingerprint density at radius 3 is 2.95 bits per heavy atom. The molecule has 0 saturated carbocycles. The number of para-hydroxylation sites is 1. The van der Waals surface area contributed by atoms with Gasteiger partial charge in [-0.2, -0.15) is 0 Å². The maximum absolute atomic E-state index is 6.45. The van der Waals surface area contributed by atoms with Gasteiger partial charge in [-0.05, 0) is 46.0 Å². The normalized spacial score (nSPS) is 31.6. The van der Waals surface area contributed by atoms with Crippen molar-refractivity contribution in [1.29, 1.82) is 0 Å². The third kappa shape index (κ3) is 2.49. The van der Waals surface area contributed by atoms with E-state index in [-0.39, 0.29) is 5.60 Å². The minimum absolute atomic E-state index is 0.0345. The van der Waals surface area contributed by atoms with Crippen molar-refractivity contribution in [2.45, 2.75) is 37.3 Å². The lowest BCUT2D eigenvalue weighted by Crippen LogP contribution is -2.44. The van der Waals surface area contributed by atoms with Crippen molar-refractivity contribution in [3.63, 3.8) is 0 Å². The lowest BCUT2D eigenvalue weighted by molar-refractivity contribution is 0.0182. The number of benzene rings is 1. The molecule has 1 aromatic rings. The number of hydrogen-bond donors (Lipinski definition) is 1. The molecule has 1 N–H and O–H groups in total. The number of nitrogens with one attached hydrogen (secondary N) is 1. The van der Waals surface area contributed by atoms with Crippen LogP contribution in [-0.2, 0) is 0 Å². The van der Waals surface area contributed by atoms with Gasteiger partial charge in [-0.1, -0.05) is 18.2 Å². The molecule has 104 valence electrons. The van der Waals surface area contributed by atoms with Gasteiger partial charge in [0.05, 0.1) is 0 Å². The molecule has 1 aromatic carbocycles. The van der Waals surface area contributed by atoms with Crippen LogP contribution in [0.4, 0.5) is 0 Å². The first-order valence-electron chi connectivity index (χ1n) is 7.36. The minimum atomic E-state index is 0.0345. The van der Waals surface area contributed by atoms with Crippen molar-refractivity contribution < 1.29 is 4.74 Å². The van der Waals surface area contributed by atoms with Gasteiger partial charge in [-0.25, -0.2) is 0 Å². The molecule has 1 spiro atoms. The second kappa shape index (κ2) is 5.14. The van der Waals surface area contributed by atoms with Crippen LogP contribution in [0.3, 0.4) is 0 Å². The Morgan fingerprint density at radius 2 is 2.11 bits per heavy atom. The zero-order valence-corrected chi connectivity index (χ0v) is 12.0. The summed E-state index contributed by atoms with van der Waals surface area (Å²) >= 11 is 0. The van der Waals surface area contributed by atoms with Crippen molar-refractivity contribution in [3.8, 4) is 5.75 Å². The molecule has 0 bridgehead atoms. The summed E-state index contributed by atoms with van der Waals surface area (Å²) in [6, 6.07) is 8.91. The SMILES string of the molecule is CNC1CC2(CCCN(C)CC2)Oc2ccccc21. The van der Waals surface area contributed by atoms with Crippen LogP contribution in [0.1, 0.15) is 37.3 Å². The standard InChI is InChI=1S/C16H24N2O/c1-17-14-12-16(8-5-10-18(2)11-9-16)19-15-7-4-3-6-13(14)15/h3-4,6-7,14,17H,5,8-12H2,1-2H3. The molecule has 2 unspecified atom stereocenters. The molecule has 3 nitrogen and oxygen atoms in total. The van der Waals surface area contributed by atoms with Gasteiger partial charge < -0.3 is 15.0 Å². The maximum Gasteiger partial charge on any atom is 0.124 e. The van der Waals surface area contributed by atoms with E-state index in [1.807, 2.05) is 0 Å². The molecule has 0 amide bonds. The summed E-state index contributed by atoms with van der Waals surface area (Å²) in [5, 5.41) is 3.47. The summed E-state index contributed by atoms with van der Waals surface area (Å²) in [6.07, 6.45) is 4.63. The van der Waals surface area contributed by atoms with Gasteiger partial charge >= 0.3 is 0 Å². The van der Waals surface area contributed by atoms with Gasteiger partial charge in [0.15, 0.2) is 0 Å². The predicted molar refractivity (Wildman–Crippen MR) is 77.6 cm³/mol. The Kier molecular flexibility index (Phi) is 3.50. The number of hydrogen-bond acceptors (Lipinski definition) is 3. The maximum atomic E-state index is 6.45. The molecule has 0 aliphatic carbocycles. The molecule has 2 heterocycles. The largest absolute Gasteiger partial charge is 0.487 e. The van der Waals surface area contributed by atoms with E-state index in [9.17, 15) is 0 Å². The van der Waals surface area contributed by atoms with Crippen LogP contribution in [0.25, 0.3) is 0 Å². The summed E-state index contributed by atoms with van der Waals surface area (Å²) < 4.78 is 6.45. The average molecular weight is 260 g/mol. The number of likely N-dealkylation sites (tertiary alicyclic amines) is 1. The Labute approximate surface area is 115 Å². The molecule has 3 heteroatoms. The van der Waals surface area contributed by atoms with Crippen LogP contribution in [0, 0.1) is 0 Å². The molecule has 1 fully saturated rings. The Hall–Kier alpha value is -1.06. The molecule has 0 aromatic heterocycles. The van der Waals surface area contributed by atoms with Gasteiger partial charge in [0, 0.05) is 24.6 Å². The van der Waals surface area contributed by atoms with Crippen molar-refractivity contribution in [1.82, 2.24) is 10.2 Å². The Bertz CT molecular complexity index is 448. The van der Waals surface area contributed by atoms with Crippen LogP contribution >= 0.6 is 0 Å². The number of rotatable bonds is 1. The summed E-state index contributed by atoms with van der Waals surface area (Å²) in [7, 11) is 4.27. The monoisotopic (exact) mass is 260 g/mol. The highest BCUT2D eigenvalue weighted by Gasteiger charge is 2.41. The highest BCUT2D eigenvalue weighted by atomic mass is 16.5. The number of ether oxygens (including phenoxy) is 1. The minimum Gasteiger partial charge on any atom is -0.487 e. The fourth-order valence-corrected chi connectivity index (χ4v) is 3.48. The fourth-order valence-electron chi connectivity index (χ4n) is 3.48. The Balaban J connectivity index is 1.90. The van der Waals surface area contributed by atoms with Gasteiger partial charge in [0.2, 0.25) is 0 Å². The van der Waals surface area contributed by atoms with Gasteiger partial charge in [0.25, 0.3) is 0 Å². The zero-order valence-electron chi connectivity index (χ0n) is 12.0. The number of fused-ring (bicyclic) bond motifs is 1. The Morgan fingerprint density at radius 1 is 1.26 bits per heavy atom. The van der Waals surface area contributed by atoms with Crippen LogP contribution in [-0.4, -0.2) is 37.7 Å². The van der Waals surface area contributed by atoms with Crippen LogP contribution in [0.2, 0.25) is 0 Å². The highest BCUT2D eigenvalue weighted by Crippen LogP contribution is 2.43. The van der Waals surface area contributed by atoms with Crippen LogP contribution in [0.5, 0.6) is 5.75 Å². The topological polar surface area (TPSA) is 24.5 Å². The lowest BCUT2D eigenvalue weighted by Gasteiger charge is -2.42. The summed E-state index contributed by atoms with van der Waals surface area (Å²) in [5.74, 6) is 1.08. The smallest absolute Gasteiger partial charge is 0.124 e. The van der Waals surface area contributed by atoms with Crippen LogP contribution in [0.15, 0.2) is 24.3 Å². The first-order chi connectivity index (χ1) is 9.22. The van der Waals surface area contributed by atoms with Crippen LogP contribution < -0.4 is 10.1 Å². The van der Waals surface area contributed by atoms with Crippen molar-refractivity contribution >= 4 is 0 Å². The van der Waals surface area contributed by atoms with Crippen molar-refractivity contribution in [2.24, 2.45) is 0 Å². The molecule has 3 rings (SSSR count). The van der Waals surface area contributed by atoms with E-state index in [4.69, 9.17) is 4.74 Å². The summed E-state index contributed by atoms with van der Waals surface area (Å²) in [6.45, 7) is 2.33. The van der Waals surface area contributed by atoms with E-state index in [0.29, 0.717) is 6.04 Å². The van der Waals surface area contributed by atoms with Crippen molar-refractivity contribution in [3.05, 3.63) is 29.8 Å². The lowest BCUT2D eigenvalue weighted by atomic mass is 9.82. The van der Waals surface area contributed by atoms with Gasteiger partial charge in [-0.3, -0.25) is 0 Å². The van der Waals surface area contributed by atoms with Gasteiger partial charge in [0.1, 0.15) is 11.4 Å². The summed E-state index contributed by atoms with van der Waals surface area (Å²) in [4.78, 5) is 2.42. The van der Waals surface area contributed by atoms with E-state index in [2.05, 4.69) is 48.6 Å². The molecule has 19 heavy (non-hydrogen) atoms. The molecular formula is C16H24N2O. The second-order valence-corrected chi connectivity index (χ2v) is 6.03. The average Bonchev–Trinajstić information content (AvgIpc) is 2.61. The number of nitrogens with zero attached hydrogens (tertiary/aromatic N) is 1. The third-order valence-corrected chi connectivity index (χ3v) is 4.67. The molecule has 2 atom stereocenters. The molecule has 0 radical (unpaired) electrons. The molecule has 2 aliphatic rings. The van der Waals surface area contributed by atoms with E-state index in [1.54, 1.807) is 0 Å². The second-order valence-electron chi connectivity index (χ2n) is 6.03. The molecule has 1 saturated heterocycles. The first-order valence-corrected chi connectivity index (χ1v) is 7.36. The molecule has 2 aliphatic heterocycles. The fraction of sp³-hybridized carbons (Fsp3) is 0.625. The summed E-state index contributed by atoms with van der Waals surface area (Å²) in [5.41, 5.74) is 1.35. The van der Waals surface area contributed by atoms with E-state index >= 15 is 0 Å². The van der Waals surface area contributed by atoms with E-state index in [0.717, 1.165) is 25.1 Å². The first kappa shape index (κ1) is 12.9. The predicted octanol–water partition coefficient (Wildman–Crippen LogP) is 2.58. The van der Waals surface area contributed by atoms with Crippen molar-refractivity contribution in [2.75, 3.05) is 27.2 Å². The van der Waals surface area contributed by atoms with E-state index in [1.165, 1.54) is 24.9 Å². The highest BCUT2D eigenvalue weighted by molar-refractivity contribution is 5.39. The molecular weight excluding hydrogens is 236 g/mol. The zero-order chi connectivity index (χ0) is 13.3. The quantitative estimate of drug-likeness (QED) is 0.840.